The van der Waals surface area contributed by atoms with Crippen molar-refractivity contribution >= 4 is 11.9 Å². The predicted molar refractivity (Wildman–Crippen MR) is 73.6 cm³/mol. The summed E-state index contributed by atoms with van der Waals surface area (Å²) in [6.45, 7) is 2.95. The molecule has 0 N–H and O–H groups in total. The maximum absolute atomic E-state index is 12.4. The van der Waals surface area contributed by atoms with Crippen molar-refractivity contribution in [2.75, 3.05) is 26.8 Å². The van der Waals surface area contributed by atoms with Gasteiger partial charge in [-0.2, -0.15) is 0 Å². The van der Waals surface area contributed by atoms with Crippen LogP contribution < -0.4 is 4.74 Å². The number of rotatable bonds is 3. The zero-order chi connectivity index (χ0) is 14.5. The van der Waals surface area contributed by atoms with Crippen LogP contribution in [0.25, 0.3) is 0 Å². The van der Waals surface area contributed by atoms with E-state index >= 15 is 0 Å². The molecule has 0 radical (unpaired) electrons. The molecule has 0 atom stereocenters. The van der Waals surface area contributed by atoms with Crippen molar-refractivity contribution in [3.8, 4) is 5.75 Å². The smallest absolute Gasteiger partial charge is 0.333 e. The van der Waals surface area contributed by atoms with E-state index < -0.39 is 0 Å². The minimum atomic E-state index is -0.385. The highest BCUT2D eigenvalue weighted by atomic mass is 16.5. The Balaban J connectivity index is 2.14. The van der Waals surface area contributed by atoms with Gasteiger partial charge in [0.25, 0.3) is 5.91 Å². The molecule has 2 rings (SSSR count). The predicted octanol–water partition coefficient (Wildman–Crippen LogP) is 1.64. The van der Waals surface area contributed by atoms with Gasteiger partial charge in [-0.05, 0) is 19.1 Å². The average molecular weight is 275 g/mol. The molecule has 5 heteroatoms. The van der Waals surface area contributed by atoms with E-state index in [-0.39, 0.29) is 11.9 Å². The van der Waals surface area contributed by atoms with Crippen molar-refractivity contribution in [3.05, 3.63) is 41.5 Å². The SMILES string of the molecule is COC(=O)/C(C)=C/CN1CCOc2ccccc2C1=O. The van der Waals surface area contributed by atoms with Crippen LogP contribution >= 0.6 is 0 Å². The van der Waals surface area contributed by atoms with Crippen LogP contribution in [0.2, 0.25) is 0 Å². The number of hydrogen-bond donors (Lipinski definition) is 0. The number of benzene rings is 1. The molecule has 0 saturated heterocycles. The summed E-state index contributed by atoms with van der Waals surface area (Å²) in [4.78, 5) is 25.4. The number of methoxy groups -OCH3 is 1. The Hall–Kier alpha value is -2.30. The summed E-state index contributed by atoms with van der Waals surface area (Å²) in [5, 5.41) is 0. The van der Waals surface area contributed by atoms with E-state index in [1.807, 2.05) is 6.07 Å². The molecule has 0 aliphatic carbocycles. The third kappa shape index (κ3) is 2.99. The second kappa shape index (κ2) is 6.23. The van der Waals surface area contributed by atoms with E-state index in [0.717, 1.165) is 0 Å². The minimum Gasteiger partial charge on any atom is -0.491 e. The lowest BCUT2D eigenvalue weighted by atomic mass is 10.1. The lowest BCUT2D eigenvalue weighted by Gasteiger charge is -2.18. The number of carbonyl (C=O) groups is 2. The average Bonchev–Trinajstić information content (AvgIpc) is 2.64. The first-order chi connectivity index (χ1) is 9.63. The molecule has 5 nitrogen and oxygen atoms in total. The van der Waals surface area contributed by atoms with E-state index in [4.69, 9.17) is 4.74 Å². The number of esters is 1. The highest BCUT2D eigenvalue weighted by molar-refractivity contribution is 5.97. The molecule has 0 fully saturated rings. The zero-order valence-electron chi connectivity index (χ0n) is 11.6. The van der Waals surface area contributed by atoms with Gasteiger partial charge >= 0.3 is 5.97 Å². The molecular weight excluding hydrogens is 258 g/mol. The number of carbonyl (C=O) groups excluding carboxylic acids is 2. The number of ether oxygens (including phenoxy) is 2. The van der Waals surface area contributed by atoms with Crippen molar-refractivity contribution in [1.29, 1.82) is 0 Å². The summed E-state index contributed by atoms with van der Waals surface area (Å²) in [7, 11) is 1.33. The molecule has 1 aromatic carbocycles. The lowest BCUT2D eigenvalue weighted by molar-refractivity contribution is -0.136. The van der Waals surface area contributed by atoms with E-state index in [9.17, 15) is 9.59 Å². The van der Waals surface area contributed by atoms with E-state index in [1.54, 1.807) is 36.1 Å². The molecule has 1 amide bonds. The molecule has 0 saturated carbocycles. The Morgan fingerprint density at radius 1 is 1.45 bits per heavy atom. The van der Waals surface area contributed by atoms with Crippen LogP contribution in [-0.2, 0) is 9.53 Å². The molecule has 106 valence electrons. The van der Waals surface area contributed by atoms with Crippen molar-refractivity contribution in [2.45, 2.75) is 6.92 Å². The number of hydrogen-bond acceptors (Lipinski definition) is 4. The zero-order valence-corrected chi connectivity index (χ0v) is 11.6. The Morgan fingerprint density at radius 3 is 2.95 bits per heavy atom. The summed E-state index contributed by atoms with van der Waals surface area (Å²) in [5.41, 5.74) is 1.04. The van der Waals surface area contributed by atoms with Crippen LogP contribution in [0, 0.1) is 0 Å². The van der Waals surface area contributed by atoms with Crippen molar-refractivity contribution in [1.82, 2.24) is 4.90 Å². The first-order valence-electron chi connectivity index (χ1n) is 6.39. The van der Waals surface area contributed by atoms with Gasteiger partial charge in [0.15, 0.2) is 0 Å². The Morgan fingerprint density at radius 2 is 2.20 bits per heavy atom. The van der Waals surface area contributed by atoms with Gasteiger partial charge in [0.1, 0.15) is 12.4 Å². The van der Waals surface area contributed by atoms with Crippen LogP contribution in [0.3, 0.4) is 0 Å². The van der Waals surface area contributed by atoms with Gasteiger partial charge in [0.05, 0.1) is 19.2 Å². The first-order valence-corrected chi connectivity index (χ1v) is 6.39. The van der Waals surface area contributed by atoms with Gasteiger partial charge in [0.2, 0.25) is 0 Å². The maximum Gasteiger partial charge on any atom is 0.333 e. The number of fused-ring (bicyclic) bond motifs is 1. The Bertz CT molecular complexity index is 551. The van der Waals surface area contributed by atoms with Crippen LogP contribution in [0.15, 0.2) is 35.9 Å². The van der Waals surface area contributed by atoms with Gasteiger partial charge in [-0.3, -0.25) is 4.79 Å². The summed E-state index contributed by atoms with van der Waals surface area (Å²) in [6.07, 6.45) is 1.69. The minimum absolute atomic E-state index is 0.0907. The fourth-order valence-corrected chi connectivity index (χ4v) is 1.97. The second-order valence-corrected chi connectivity index (χ2v) is 4.47. The molecule has 1 aromatic rings. The topological polar surface area (TPSA) is 55.8 Å². The molecular formula is C15H17NO4. The first kappa shape index (κ1) is 14.1. The highest BCUT2D eigenvalue weighted by Crippen LogP contribution is 2.22. The van der Waals surface area contributed by atoms with E-state index in [2.05, 4.69) is 4.74 Å². The quantitative estimate of drug-likeness (QED) is 0.621. The van der Waals surface area contributed by atoms with Crippen LogP contribution in [0.5, 0.6) is 5.75 Å². The van der Waals surface area contributed by atoms with E-state index in [1.165, 1.54) is 7.11 Å². The third-order valence-corrected chi connectivity index (χ3v) is 3.15. The molecule has 1 aliphatic rings. The largest absolute Gasteiger partial charge is 0.491 e. The van der Waals surface area contributed by atoms with Crippen LogP contribution in [0.4, 0.5) is 0 Å². The lowest BCUT2D eigenvalue weighted by Crippen LogP contribution is -2.32. The van der Waals surface area contributed by atoms with Crippen molar-refractivity contribution in [2.24, 2.45) is 0 Å². The fraction of sp³-hybridized carbons (Fsp3) is 0.333. The number of amides is 1. The van der Waals surface area contributed by atoms with Gasteiger partial charge in [0, 0.05) is 12.1 Å². The van der Waals surface area contributed by atoms with Gasteiger partial charge in [-0.1, -0.05) is 18.2 Å². The summed E-state index contributed by atoms with van der Waals surface area (Å²) >= 11 is 0. The maximum atomic E-state index is 12.4. The summed E-state index contributed by atoms with van der Waals surface area (Å²) in [6, 6.07) is 7.17. The van der Waals surface area contributed by atoms with Crippen molar-refractivity contribution in [3.63, 3.8) is 0 Å². The normalized spacial score (nSPS) is 15.2. The highest BCUT2D eigenvalue weighted by Gasteiger charge is 2.22. The monoisotopic (exact) mass is 275 g/mol. The van der Waals surface area contributed by atoms with Crippen LogP contribution in [-0.4, -0.2) is 43.6 Å². The molecule has 0 unspecified atom stereocenters. The molecule has 0 bridgehead atoms. The Labute approximate surface area is 117 Å². The number of para-hydroxylation sites is 1. The Kier molecular flexibility index (Phi) is 4.40. The van der Waals surface area contributed by atoms with Gasteiger partial charge in [-0.25, -0.2) is 4.79 Å². The second-order valence-electron chi connectivity index (χ2n) is 4.47. The molecule has 1 heterocycles. The molecule has 0 spiro atoms. The standard InChI is InChI=1S/C15H17NO4/c1-11(15(18)19-2)7-8-16-9-10-20-13-6-4-3-5-12(13)14(16)17/h3-7H,8-10H2,1-2H3/b11-7+. The van der Waals surface area contributed by atoms with Crippen LogP contribution in [0.1, 0.15) is 17.3 Å². The fourth-order valence-electron chi connectivity index (χ4n) is 1.97. The van der Waals surface area contributed by atoms with E-state index in [0.29, 0.717) is 36.6 Å². The molecule has 1 aliphatic heterocycles. The summed E-state index contributed by atoms with van der Waals surface area (Å²) < 4.78 is 10.2. The number of nitrogens with zero attached hydrogens (tertiary/aromatic N) is 1. The van der Waals surface area contributed by atoms with Gasteiger partial charge < -0.3 is 14.4 Å². The summed E-state index contributed by atoms with van der Waals surface area (Å²) in [5.74, 6) is 0.129. The molecule has 0 aromatic heterocycles. The van der Waals surface area contributed by atoms with Crippen molar-refractivity contribution < 1.29 is 19.1 Å². The van der Waals surface area contributed by atoms with Gasteiger partial charge in [-0.15, -0.1) is 0 Å². The third-order valence-electron chi connectivity index (χ3n) is 3.15. The molecule has 20 heavy (non-hydrogen) atoms.